The molecule has 2 heterocycles. The van der Waals surface area contributed by atoms with Crippen LogP contribution in [0.3, 0.4) is 0 Å². The van der Waals surface area contributed by atoms with E-state index in [9.17, 15) is 0 Å². The van der Waals surface area contributed by atoms with Gasteiger partial charge in [0.1, 0.15) is 12.4 Å². The number of guanidine groups is 1. The van der Waals surface area contributed by atoms with E-state index in [0.717, 1.165) is 49.0 Å². The van der Waals surface area contributed by atoms with Gasteiger partial charge in [-0.2, -0.15) is 0 Å². The Hall–Kier alpha value is -1.27. The second-order valence-electron chi connectivity index (χ2n) is 6.25. The zero-order chi connectivity index (χ0) is 16.1. The predicted molar refractivity (Wildman–Crippen MR) is 95.1 cm³/mol. The van der Waals surface area contributed by atoms with Crippen molar-refractivity contribution in [3.8, 4) is 5.75 Å². The van der Waals surface area contributed by atoms with Crippen LogP contribution >= 0.6 is 15.9 Å². The highest BCUT2D eigenvalue weighted by atomic mass is 79.9. The molecule has 1 aromatic carbocycles. The van der Waals surface area contributed by atoms with Crippen molar-refractivity contribution in [1.82, 2.24) is 10.2 Å². The van der Waals surface area contributed by atoms with Crippen LogP contribution in [-0.4, -0.2) is 57.4 Å². The fourth-order valence-corrected chi connectivity index (χ4v) is 3.55. The van der Waals surface area contributed by atoms with E-state index in [-0.39, 0.29) is 0 Å². The van der Waals surface area contributed by atoms with E-state index in [1.165, 1.54) is 12.8 Å². The summed E-state index contributed by atoms with van der Waals surface area (Å²) in [5.74, 6) is 1.85. The summed E-state index contributed by atoms with van der Waals surface area (Å²) in [4.78, 5) is 6.75. The van der Waals surface area contributed by atoms with E-state index >= 15 is 0 Å². The first-order chi connectivity index (χ1) is 11.2. The number of ether oxygens (including phenoxy) is 2. The van der Waals surface area contributed by atoms with Crippen molar-refractivity contribution in [2.75, 3.05) is 46.5 Å². The molecule has 1 unspecified atom stereocenters. The minimum absolute atomic E-state index is 0.353. The van der Waals surface area contributed by atoms with Gasteiger partial charge in [-0.1, -0.05) is 15.9 Å². The second kappa shape index (κ2) is 7.53. The molecule has 126 valence electrons. The number of hydrogen-bond acceptors (Lipinski definition) is 3. The lowest BCUT2D eigenvalue weighted by molar-refractivity contribution is 0.156. The van der Waals surface area contributed by atoms with Crippen molar-refractivity contribution in [3.05, 3.63) is 28.7 Å². The third-order valence-corrected chi connectivity index (χ3v) is 5.13. The fourth-order valence-electron chi connectivity index (χ4n) is 3.28. The molecule has 0 radical (unpaired) electrons. The molecule has 3 rings (SSSR count). The molecule has 2 aliphatic heterocycles. The quantitative estimate of drug-likeness (QED) is 0.494. The number of likely N-dealkylation sites (tertiary alicyclic amines) is 1. The Morgan fingerprint density at radius 3 is 2.91 bits per heavy atom. The molecule has 0 bridgehead atoms. The lowest BCUT2D eigenvalue weighted by atomic mass is 9.87. The molecule has 23 heavy (non-hydrogen) atoms. The molecular formula is C17H24BrN3O2. The average molecular weight is 382 g/mol. The van der Waals surface area contributed by atoms with E-state index in [4.69, 9.17) is 9.47 Å². The van der Waals surface area contributed by atoms with Crippen LogP contribution in [0.2, 0.25) is 0 Å². The second-order valence-corrected chi connectivity index (χ2v) is 7.17. The van der Waals surface area contributed by atoms with Crippen LogP contribution < -0.4 is 10.1 Å². The molecule has 0 aromatic heterocycles. The average Bonchev–Trinajstić information content (AvgIpc) is 3.20. The Morgan fingerprint density at radius 2 is 2.22 bits per heavy atom. The largest absolute Gasteiger partial charge is 0.492 e. The molecule has 1 spiro atoms. The number of hydrogen-bond donors (Lipinski definition) is 1. The van der Waals surface area contributed by atoms with Gasteiger partial charge in [0, 0.05) is 36.6 Å². The van der Waals surface area contributed by atoms with Crippen LogP contribution in [-0.2, 0) is 4.74 Å². The van der Waals surface area contributed by atoms with Gasteiger partial charge < -0.3 is 19.7 Å². The van der Waals surface area contributed by atoms with Crippen LogP contribution in [0.15, 0.2) is 33.7 Å². The van der Waals surface area contributed by atoms with Crippen molar-refractivity contribution in [1.29, 1.82) is 0 Å². The molecule has 1 aromatic rings. The fraction of sp³-hybridized carbons (Fsp3) is 0.588. The third kappa shape index (κ3) is 4.18. The van der Waals surface area contributed by atoms with Crippen molar-refractivity contribution < 1.29 is 9.47 Å². The lowest BCUT2D eigenvalue weighted by Gasteiger charge is -2.24. The molecular weight excluding hydrogens is 358 g/mol. The molecule has 0 saturated carbocycles. The van der Waals surface area contributed by atoms with Gasteiger partial charge >= 0.3 is 0 Å². The predicted octanol–water partition coefficient (Wildman–Crippen LogP) is 2.52. The number of rotatable bonds is 4. The molecule has 0 amide bonds. The van der Waals surface area contributed by atoms with Crippen LogP contribution in [0.5, 0.6) is 5.75 Å². The number of halogens is 1. The standard InChI is InChI=1S/C17H24BrN3O2/c1-19-16(21-9-6-17(12-21)7-10-22-13-17)20-8-11-23-15-4-2-14(18)3-5-15/h2-5H,6-13H2,1H3,(H,19,20). The Bertz CT molecular complexity index is 541. The lowest BCUT2D eigenvalue weighted by Crippen LogP contribution is -2.42. The Morgan fingerprint density at radius 1 is 1.39 bits per heavy atom. The zero-order valence-corrected chi connectivity index (χ0v) is 15.1. The molecule has 1 atom stereocenters. The third-order valence-electron chi connectivity index (χ3n) is 4.60. The first kappa shape index (κ1) is 16.6. The van der Waals surface area contributed by atoms with Gasteiger partial charge in [-0.15, -0.1) is 0 Å². The topological polar surface area (TPSA) is 46.1 Å². The molecule has 2 saturated heterocycles. The monoisotopic (exact) mass is 381 g/mol. The van der Waals surface area contributed by atoms with Gasteiger partial charge in [0.2, 0.25) is 0 Å². The van der Waals surface area contributed by atoms with E-state index in [0.29, 0.717) is 12.0 Å². The van der Waals surface area contributed by atoms with Crippen LogP contribution in [0.25, 0.3) is 0 Å². The van der Waals surface area contributed by atoms with Crippen LogP contribution in [0.4, 0.5) is 0 Å². The Balaban J connectivity index is 1.42. The summed E-state index contributed by atoms with van der Waals surface area (Å²) in [5, 5.41) is 3.40. The summed E-state index contributed by atoms with van der Waals surface area (Å²) < 4.78 is 12.4. The minimum atomic E-state index is 0.353. The van der Waals surface area contributed by atoms with Crippen molar-refractivity contribution in [3.63, 3.8) is 0 Å². The molecule has 0 aliphatic carbocycles. The number of nitrogens with one attached hydrogen (secondary N) is 1. The van der Waals surface area contributed by atoms with Gasteiger partial charge in [0.25, 0.3) is 0 Å². The molecule has 5 nitrogen and oxygen atoms in total. The van der Waals surface area contributed by atoms with Crippen molar-refractivity contribution in [2.24, 2.45) is 10.4 Å². The summed E-state index contributed by atoms with van der Waals surface area (Å²) in [6.07, 6.45) is 2.37. The summed E-state index contributed by atoms with van der Waals surface area (Å²) in [6.45, 7) is 5.25. The van der Waals surface area contributed by atoms with Gasteiger partial charge in [0.05, 0.1) is 13.2 Å². The molecule has 6 heteroatoms. The van der Waals surface area contributed by atoms with E-state index in [2.05, 4.69) is 31.1 Å². The van der Waals surface area contributed by atoms with Gasteiger partial charge in [-0.05, 0) is 37.1 Å². The minimum Gasteiger partial charge on any atom is -0.492 e. The highest BCUT2D eigenvalue weighted by molar-refractivity contribution is 9.10. The van der Waals surface area contributed by atoms with E-state index in [1.807, 2.05) is 31.3 Å². The first-order valence-corrected chi connectivity index (χ1v) is 8.92. The molecule has 2 aliphatic rings. The maximum atomic E-state index is 5.73. The molecule has 1 N–H and O–H groups in total. The smallest absolute Gasteiger partial charge is 0.193 e. The zero-order valence-electron chi connectivity index (χ0n) is 13.6. The van der Waals surface area contributed by atoms with Crippen LogP contribution in [0, 0.1) is 5.41 Å². The first-order valence-electron chi connectivity index (χ1n) is 8.13. The van der Waals surface area contributed by atoms with Gasteiger partial charge in [-0.25, -0.2) is 0 Å². The van der Waals surface area contributed by atoms with Gasteiger partial charge in [-0.3, -0.25) is 4.99 Å². The SMILES string of the molecule is CN=C(NCCOc1ccc(Br)cc1)N1CCC2(CCOC2)C1. The Kier molecular flexibility index (Phi) is 5.43. The summed E-state index contributed by atoms with van der Waals surface area (Å²) >= 11 is 3.42. The highest BCUT2D eigenvalue weighted by Gasteiger charge is 2.42. The maximum Gasteiger partial charge on any atom is 0.193 e. The van der Waals surface area contributed by atoms with Gasteiger partial charge in [0.15, 0.2) is 5.96 Å². The highest BCUT2D eigenvalue weighted by Crippen LogP contribution is 2.38. The Labute approximate surface area is 146 Å². The molecule has 2 fully saturated rings. The van der Waals surface area contributed by atoms with Crippen LogP contribution in [0.1, 0.15) is 12.8 Å². The maximum absolute atomic E-state index is 5.73. The van der Waals surface area contributed by atoms with Crippen molar-refractivity contribution in [2.45, 2.75) is 12.8 Å². The van der Waals surface area contributed by atoms with Crippen molar-refractivity contribution >= 4 is 21.9 Å². The summed E-state index contributed by atoms with van der Waals surface area (Å²) in [6, 6.07) is 7.89. The normalized spacial score (nSPS) is 24.4. The summed E-state index contributed by atoms with van der Waals surface area (Å²) in [5.41, 5.74) is 0.353. The number of aliphatic imine (C=N–C) groups is 1. The number of benzene rings is 1. The van der Waals surface area contributed by atoms with E-state index in [1.54, 1.807) is 0 Å². The number of nitrogens with zero attached hydrogens (tertiary/aromatic N) is 2. The summed E-state index contributed by atoms with van der Waals surface area (Å²) in [7, 11) is 1.84. The van der Waals surface area contributed by atoms with E-state index < -0.39 is 0 Å².